The molecule has 15 heavy (non-hydrogen) atoms. The van der Waals surface area contributed by atoms with Crippen molar-refractivity contribution in [2.75, 3.05) is 6.54 Å². The second-order valence-electron chi connectivity index (χ2n) is 5.16. The number of hydrogen-bond donors (Lipinski definition) is 1. The molecule has 0 bridgehead atoms. The third-order valence-corrected chi connectivity index (χ3v) is 3.91. The van der Waals surface area contributed by atoms with Crippen LogP contribution in [0.25, 0.3) is 0 Å². The first-order valence-electron chi connectivity index (χ1n) is 5.91. The zero-order chi connectivity index (χ0) is 10.9. The van der Waals surface area contributed by atoms with Gasteiger partial charge in [0.25, 0.3) is 0 Å². The van der Waals surface area contributed by atoms with Crippen LogP contribution in [0.1, 0.15) is 36.0 Å². The first kappa shape index (κ1) is 10.7. The van der Waals surface area contributed by atoms with Crippen LogP contribution in [0.2, 0.25) is 0 Å². The van der Waals surface area contributed by atoms with Crippen LogP contribution in [-0.2, 0) is 6.42 Å². The summed E-state index contributed by atoms with van der Waals surface area (Å²) >= 11 is 0. The van der Waals surface area contributed by atoms with Gasteiger partial charge in [-0.15, -0.1) is 0 Å². The van der Waals surface area contributed by atoms with Crippen LogP contribution >= 0.6 is 0 Å². The van der Waals surface area contributed by atoms with Gasteiger partial charge in [0.05, 0.1) is 0 Å². The standard InChI is InChI=1S/C14H21N/c1-11-4-5-13(12(2)8-11)9-14(10-15)6-3-7-14/h4-5,8H,3,6-7,9-10,15H2,1-2H3. The predicted molar refractivity (Wildman–Crippen MR) is 65.0 cm³/mol. The van der Waals surface area contributed by atoms with E-state index in [0.29, 0.717) is 5.41 Å². The highest BCUT2D eigenvalue weighted by atomic mass is 14.6. The highest BCUT2D eigenvalue weighted by Crippen LogP contribution is 2.43. The fraction of sp³-hybridized carbons (Fsp3) is 0.571. The first-order valence-corrected chi connectivity index (χ1v) is 5.91. The number of rotatable bonds is 3. The first-order chi connectivity index (χ1) is 7.15. The van der Waals surface area contributed by atoms with Crippen molar-refractivity contribution in [1.29, 1.82) is 0 Å². The van der Waals surface area contributed by atoms with Gasteiger partial charge in [-0.3, -0.25) is 0 Å². The molecule has 0 atom stereocenters. The number of hydrogen-bond acceptors (Lipinski definition) is 1. The van der Waals surface area contributed by atoms with Gasteiger partial charge in [-0.2, -0.15) is 0 Å². The molecule has 0 aliphatic heterocycles. The van der Waals surface area contributed by atoms with E-state index in [0.717, 1.165) is 6.54 Å². The molecule has 0 unspecified atom stereocenters. The minimum absolute atomic E-state index is 0.431. The normalized spacial score (nSPS) is 18.6. The van der Waals surface area contributed by atoms with Crippen molar-refractivity contribution in [3.8, 4) is 0 Å². The average Bonchev–Trinajstić information content (AvgIpc) is 2.14. The summed E-state index contributed by atoms with van der Waals surface area (Å²) in [6, 6.07) is 6.77. The largest absolute Gasteiger partial charge is 0.330 e. The summed E-state index contributed by atoms with van der Waals surface area (Å²) in [4.78, 5) is 0. The number of nitrogens with two attached hydrogens (primary N) is 1. The molecule has 1 aromatic carbocycles. The molecule has 2 rings (SSSR count). The molecule has 82 valence electrons. The van der Waals surface area contributed by atoms with Crippen molar-refractivity contribution < 1.29 is 0 Å². The van der Waals surface area contributed by atoms with Crippen LogP contribution in [0.15, 0.2) is 18.2 Å². The van der Waals surface area contributed by atoms with E-state index in [2.05, 4.69) is 32.0 Å². The van der Waals surface area contributed by atoms with Crippen molar-refractivity contribution >= 4 is 0 Å². The molecule has 1 saturated carbocycles. The zero-order valence-electron chi connectivity index (χ0n) is 9.84. The van der Waals surface area contributed by atoms with E-state index in [4.69, 9.17) is 5.73 Å². The van der Waals surface area contributed by atoms with Crippen molar-refractivity contribution in [3.05, 3.63) is 34.9 Å². The fourth-order valence-electron chi connectivity index (χ4n) is 2.58. The lowest BCUT2D eigenvalue weighted by atomic mass is 9.65. The topological polar surface area (TPSA) is 26.0 Å². The Labute approximate surface area is 92.7 Å². The molecule has 1 aliphatic rings. The number of benzene rings is 1. The molecule has 1 heteroatoms. The smallest absolute Gasteiger partial charge is 0.00173 e. The van der Waals surface area contributed by atoms with Crippen LogP contribution in [0.4, 0.5) is 0 Å². The van der Waals surface area contributed by atoms with Crippen molar-refractivity contribution in [2.24, 2.45) is 11.1 Å². The van der Waals surface area contributed by atoms with Crippen molar-refractivity contribution in [2.45, 2.75) is 39.5 Å². The van der Waals surface area contributed by atoms with Gasteiger partial charge in [0.1, 0.15) is 0 Å². The maximum atomic E-state index is 5.90. The second-order valence-corrected chi connectivity index (χ2v) is 5.16. The Balaban J connectivity index is 2.16. The monoisotopic (exact) mass is 203 g/mol. The van der Waals surface area contributed by atoms with Crippen LogP contribution in [0.3, 0.4) is 0 Å². The Kier molecular flexibility index (Phi) is 2.83. The highest BCUT2D eigenvalue weighted by molar-refractivity contribution is 5.31. The minimum Gasteiger partial charge on any atom is -0.330 e. The van der Waals surface area contributed by atoms with Gasteiger partial charge in [-0.05, 0) is 56.2 Å². The Hall–Kier alpha value is -0.820. The summed E-state index contributed by atoms with van der Waals surface area (Å²) in [7, 11) is 0. The Morgan fingerprint density at radius 2 is 2.00 bits per heavy atom. The molecule has 0 saturated heterocycles. The third kappa shape index (κ3) is 2.07. The molecule has 2 N–H and O–H groups in total. The summed E-state index contributed by atoms with van der Waals surface area (Å²) < 4.78 is 0. The Bertz CT molecular complexity index is 345. The molecule has 0 heterocycles. The van der Waals surface area contributed by atoms with Crippen LogP contribution in [-0.4, -0.2) is 6.54 Å². The zero-order valence-corrected chi connectivity index (χ0v) is 9.84. The van der Waals surface area contributed by atoms with E-state index in [1.807, 2.05) is 0 Å². The van der Waals surface area contributed by atoms with Gasteiger partial charge >= 0.3 is 0 Å². The lowest BCUT2D eigenvalue weighted by Gasteiger charge is -2.41. The molecule has 1 aliphatic carbocycles. The van der Waals surface area contributed by atoms with Gasteiger partial charge < -0.3 is 5.73 Å². The molecule has 0 spiro atoms. The summed E-state index contributed by atoms with van der Waals surface area (Å²) in [6.45, 7) is 5.21. The lowest BCUT2D eigenvalue weighted by molar-refractivity contribution is 0.144. The van der Waals surface area contributed by atoms with E-state index in [1.165, 1.54) is 42.4 Å². The third-order valence-electron chi connectivity index (χ3n) is 3.91. The van der Waals surface area contributed by atoms with E-state index in [1.54, 1.807) is 0 Å². The maximum absolute atomic E-state index is 5.90. The molecule has 1 nitrogen and oxygen atoms in total. The van der Waals surface area contributed by atoms with E-state index in [-0.39, 0.29) is 0 Å². The quantitative estimate of drug-likeness (QED) is 0.803. The molecule has 1 aromatic rings. The second kappa shape index (κ2) is 3.97. The van der Waals surface area contributed by atoms with E-state index >= 15 is 0 Å². The molecule has 1 fully saturated rings. The number of aryl methyl sites for hydroxylation is 2. The molecule has 0 amide bonds. The SMILES string of the molecule is Cc1ccc(CC2(CN)CCC2)c(C)c1. The van der Waals surface area contributed by atoms with Crippen LogP contribution in [0, 0.1) is 19.3 Å². The molecule has 0 aromatic heterocycles. The molecular weight excluding hydrogens is 182 g/mol. The highest BCUT2D eigenvalue weighted by Gasteiger charge is 2.35. The van der Waals surface area contributed by atoms with Gasteiger partial charge in [0.2, 0.25) is 0 Å². The minimum atomic E-state index is 0.431. The predicted octanol–water partition coefficient (Wildman–Crippen LogP) is 2.97. The van der Waals surface area contributed by atoms with Crippen molar-refractivity contribution in [1.82, 2.24) is 0 Å². The average molecular weight is 203 g/mol. The lowest BCUT2D eigenvalue weighted by Crippen LogP contribution is -2.39. The summed E-state index contributed by atoms with van der Waals surface area (Å²) in [5, 5.41) is 0. The van der Waals surface area contributed by atoms with Crippen LogP contribution < -0.4 is 5.73 Å². The summed E-state index contributed by atoms with van der Waals surface area (Å²) in [5.41, 5.74) is 10.6. The van der Waals surface area contributed by atoms with Gasteiger partial charge in [-0.25, -0.2) is 0 Å². The maximum Gasteiger partial charge on any atom is -0.00173 e. The van der Waals surface area contributed by atoms with E-state index < -0.39 is 0 Å². The van der Waals surface area contributed by atoms with Gasteiger partial charge in [0, 0.05) is 0 Å². The van der Waals surface area contributed by atoms with Gasteiger partial charge in [-0.1, -0.05) is 30.2 Å². The molecule has 0 radical (unpaired) electrons. The van der Waals surface area contributed by atoms with Crippen molar-refractivity contribution in [3.63, 3.8) is 0 Å². The Morgan fingerprint density at radius 3 is 2.47 bits per heavy atom. The Morgan fingerprint density at radius 1 is 1.27 bits per heavy atom. The summed E-state index contributed by atoms with van der Waals surface area (Å²) in [5.74, 6) is 0. The van der Waals surface area contributed by atoms with Gasteiger partial charge in [0.15, 0.2) is 0 Å². The van der Waals surface area contributed by atoms with E-state index in [9.17, 15) is 0 Å². The fourth-order valence-corrected chi connectivity index (χ4v) is 2.58. The van der Waals surface area contributed by atoms with Crippen LogP contribution in [0.5, 0.6) is 0 Å². The summed E-state index contributed by atoms with van der Waals surface area (Å²) in [6.07, 6.45) is 5.17. The molecular formula is C14H21N.